The number of aryl methyl sites for hydroxylation is 1. The van der Waals surface area contributed by atoms with Gasteiger partial charge in [0.1, 0.15) is 6.04 Å². The average molecular weight is 261 g/mol. The van der Waals surface area contributed by atoms with Crippen LogP contribution < -0.4 is 10.6 Å². The maximum Gasteiger partial charge on any atom is 0.246 e. The molecule has 2 N–H and O–H groups in total. The maximum absolute atomic E-state index is 12.4. The van der Waals surface area contributed by atoms with Gasteiger partial charge in [0, 0.05) is 31.9 Å². The molecule has 1 fully saturated rings. The van der Waals surface area contributed by atoms with E-state index in [4.69, 9.17) is 5.73 Å². The van der Waals surface area contributed by atoms with Crippen molar-refractivity contribution in [3.8, 4) is 0 Å². The second kappa shape index (κ2) is 5.61. The summed E-state index contributed by atoms with van der Waals surface area (Å²) in [6.07, 6.45) is 0.961. The molecule has 104 valence electrons. The normalized spacial score (nSPS) is 23.9. The topological polar surface area (TPSA) is 49.6 Å². The van der Waals surface area contributed by atoms with Crippen molar-refractivity contribution in [2.45, 2.75) is 32.4 Å². The predicted octanol–water partition coefficient (Wildman–Crippen LogP) is 1.24. The van der Waals surface area contributed by atoms with E-state index in [0.29, 0.717) is 6.54 Å². The van der Waals surface area contributed by atoms with Crippen molar-refractivity contribution in [2.75, 3.05) is 25.0 Å². The minimum Gasteiger partial charge on any atom is -0.356 e. The molecule has 0 bridgehead atoms. The van der Waals surface area contributed by atoms with Gasteiger partial charge >= 0.3 is 0 Å². The van der Waals surface area contributed by atoms with E-state index in [1.807, 2.05) is 24.1 Å². The highest BCUT2D eigenvalue weighted by Gasteiger charge is 2.36. The molecule has 1 aromatic carbocycles. The van der Waals surface area contributed by atoms with Crippen LogP contribution >= 0.6 is 0 Å². The van der Waals surface area contributed by atoms with Crippen LogP contribution in [0.25, 0.3) is 0 Å². The van der Waals surface area contributed by atoms with Crippen molar-refractivity contribution >= 4 is 11.6 Å². The quantitative estimate of drug-likeness (QED) is 0.890. The van der Waals surface area contributed by atoms with Crippen LogP contribution in [0.1, 0.15) is 19.4 Å². The third-order valence-corrected chi connectivity index (χ3v) is 4.04. The number of benzene rings is 1. The molecule has 1 aromatic rings. The number of piperazine rings is 1. The molecule has 0 spiro atoms. The zero-order valence-electron chi connectivity index (χ0n) is 12.0. The Morgan fingerprint density at radius 3 is 2.68 bits per heavy atom. The largest absolute Gasteiger partial charge is 0.356 e. The molecule has 0 aromatic heterocycles. The van der Waals surface area contributed by atoms with Gasteiger partial charge in [-0.2, -0.15) is 0 Å². The fraction of sp³-hybridized carbons (Fsp3) is 0.533. The molecule has 4 nitrogen and oxygen atoms in total. The van der Waals surface area contributed by atoms with E-state index in [-0.39, 0.29) is 18.0 Å². The summed E-state index contributed by atoms with van der Waals surface area (Å²) >= 11 is 0. The number of para-hydroxylation sites is 1. The van der Waals surface area contributed by atoms with Gasteiger partial charge < -0.3 is 15.5 Å². The Balaban J connectivity index is 2.39. The first-order valence-corrected chi connectivity index (χ1v) is 6.91. The van der Waals surface area contributed by atoms with Crippen LogP contribution in [0.2, 0.25) is 0 Å². The van der Waals surface area contributed by atoms with E-state index in [9.17, 15) is 4.79 Å². The Kier molecular flexibility index (Phi) is 4.10. The van der Waals surface area contributed by atoms with Gasteiger partial charge in [-0.05, 0) is 25.0 Å². The Morgan fingerprint density at radius 1 is 1.37 bits per heavy atom. The molecule has 1 aliphatic heterocycles. The van der Waals surface area contributed by atoms with E-state index < -0.39 is 0 Å². The van der Waals surface area contributed by atoms with Gasteiger partial charge in [0.2, 0.25) is 5.91 Å². The third-order valence-electron chi connectivity index (χ3n) is 4.04. The van der Waals surface area contributed by atoms with E-state index in [0.717, 1.165) is 18.7 Å². The lowest BCUT2D eigenvalue weighted by atomic mass is 10.0. The summed E-state index contributed by atoms with van der Waals surface area (Å²) in [7, 11) is 1.86. The molecule has 2 unspecified atom stereocenters. The van der Waals surface area contributed by atoms with Crippen molar-refractivity contribution in [3.05, 3.63) is 29.8 Å². The number of hydrogen-bond acceptors (Lipinski definition) is 3. The second-order valence-electron chi connectivity index (χ2n) is 5.18. The summed E-state index contributed by atoms with van der Waals surface area (Å²) in [6.45, 7) is 5.40. The molecule has 2 rings (SSSR count). The van der Waals surface area contributed by atoms with Crippen molar-refractivity contribution in [2.24, 2.45) is 5.73 Å². The van der Waals surface area contributed by atoms with Crippen LogP contribution in [0, 0.1) is 0 Å². The lowest BCUT2D eigenvalue weighted by Crippen LogP contribution is -2.62. The minimum absolute atomic E-state index is 0.118. The van der Waals surface area contributed by atoms with Gasteiger partial charge in [-0.3, -0.25) is 4.79 Å². The Labute approximate surface area is 115 Å². The zero-order valence-corrected chi connectivity index (χ0v) is 12.0. The number of nitrogens with zero attached hydrogens (tertiary/aromatic N) is 2. The highest BCUT2D eigenvalue weighted by molar-refractivity contribution is 5.87. The van der Waals surface area contributed by atoms with Crippen LogP contribution in [0.15, 0.2) is 24.3 Å². The van der Waals surface area contributed by atoms with E-state index in [1.54, 1.807) is 0 Å². The molecule has 2 atom stereocenters. The first kappa shape index (κ1) is 13.9. The molecule has 4 heteroatoms. The van der Waals surface area contributed by atoms with Crippen molar-refractivity contribution in [1.82, 2.24) is 4.90 Å². The number of rotatable bonds is 3. The molecule has 1 amide bonds. The van der Waals surface area contributed by atoms with Gasteiger partial charge in [0.05, 0.1) is 0 Å². The number of anilines is 1. The van der Waals surface area contributed by atoms with Crippen LogP contribution in [0.4, 0.5) is 5.69 Å². The Bertz CT molecular complexity index is 460. The molecule has 0 saturated carbocycles. The SMILES string of the molecule is CCc1ccccc1N1CC(C)N(C)C(=O)C1CN. The summed E-state index contributed by atoms with van der Waals surface area (Å²) in [6, 6.07) is 8.24. The van der Waals surface area contributed by atoms with Gasteiger partial charge in [0.15, 0.2) is 0 Å². The summed E-state index contributed by atoms with van der Waals surface area (Å²) in [5.74, 6) is 0.118. The fourth-order valence-corrected chi connectivity index (χ4v) is 2.70. The van der Waals surface area contributed by atoms with Crippen LogP contribution in [-0.4, -0.2) is 43.0 Å². The molecule has 1 heterocycles. The van der Waals surface area contributed by atoms with Gasteiger partial charge in [-0.1, -0.05) is 25.1 Å². The monoisotopic (exact) mass is 261 g/mol. The molecular weight excluding hydrogens is 238 g/mol. The first-order chi connectivity index (χ1) is 9.10. The van der Waals surface area contributed by atoms with Crippen LogP contribution in [0.5, 0.6) is 0 Å². The smallest absolute Gasteiger partial charge is 0.246 e. The molecule has 0 radical (unpaired) electrons. The minimum atomic E-state index is -0.242. The molecular formula is C15H23N3O. The van der Waals surface area contributed by atoms with Crippen molar-refractivity contribution < 1.29 is 4.79 Å². The lowest BCUT2D eigenvalue weighted by molar-refractivity contribution is -0.134. The van der Waals surface area contributed by atoms with Crippen molar-refractivity contribution in [1.29, 1.82) is 0 Å². The average Bonchev–Trinajstić information content (AvgIpc) is 2.44. The van der Waals surface area contributed by atoms with Crippen LogP contribution in [-0.2, 0) is 11.2 Å². The number of carbonyl (C=O) groups is 1. The summed E-state index contributed by atoms with van der Waals surface area (Å²) in [4.78, 5) is 16.3. The second-order valence-corrected chi connectivity index (χ2v) is 5.18. The van der Waals surface area contributed by atoms with Crippen molar-refractivity contribution in [3.63, 3.8) is 0 Å². The summed E-state index contributed by atoms with van der Waals surface area (Å²) < 4.78 is 0. The third kappa shape index (κ3) is 2.45. The van der Waals surface area contributed by atoms with Crippen LogP contribution in [0.3, 0.4) is 0 Å². The number of amides is 1. The highest BCUT2D eigenvalue weighted by Crippen LogP contribution is 2.27. The molecule has 1 saturated heterocycles. The predicted molar refractivity (Wildman–Crippen MR) is 78.2 cm³/mol. The standard InChI is InChI=1S/C15H23N3O/c1-4-12-7-5-6-8-13(12)18-10-11(2)17(3)15(19)14(18)9-16/h5-8,11,14H,4,9-10,16H2,1-3H3. The summed E-state index contributed by atoms with van der Waals surface area (Å²) in [5, 5.41) is 0. The summed E-state index contributed by atoms with van der Waals surface area (Å²) in [5.41, 5.74) is 8.25. The van der Waals surface area contributed by atoms with Gasteiger partial charge in [-0.15, -0.1) is 0 Å². The van der Waals surface area contributed by atoms with E-state index in [1.165, 1.54) is 5.56 Å². The Hall–Kier alpha value is -1.55. The number of hydrogen-bond donors (Lipinski definition) is 1. The molecule has 1 aliphatic rings. The zero-order chi connectivity index (χ0) is 14.0. The van der Waals surface area contributed by atoms with Gasteiger partial charge in [0.25, 0.3) is 0 Å². The van der Waals surface area contributed by atoms with Gasteiger partial charge in [-0.25, -0.2) is 0 Å². The highest BCUT2D eigenvalue weighted by atomic mass is 16.2. The molecule has 0 aliphatic carbocycles. The lowest BCUT2D eigenvalue weighted by Gasteiger charge is -2.44. The number of carbonyl (C=O) groups excluding carboxylic acids is 1. The maximum atomic E-state index is 12.4. The molecule has 19 heavy (non-hydrogen) atoms. The first-order valence-electron chi connectivity index (χ1n) is 6.91. The number of nitrogens with two attached hydrogens (primary N) is 1. The Morgan fingerprint density at radius 2 is 2.05 bits per heavy atom. The number of likely N-dealkylation sites (N-methyl/N-ethyl adjacent to an activating group) is 1. The van der Waals surface area contributed by atoms with E-state index in [2.05, 4.69) is 30.9 Å². The fourth-order valence-electron chi connectivity index (χ4n) is 2.70. The van der Waals surface area contributed by atoms with E-state index >= 15 is 0 Å².